The highest BCUT2D eigenvalue weighted by Gasteiger charge is 2.45. The lowest BCUT2D eigenvalue weighted by Crippen LogP contribution is -2.54. The number of ether oxygens (including phenoxy) is 1. The Bertz CT molecular complexity index is 519. The number of amides is 1. The molecule has 1 fully saturated rings. The summed E-state index contributed by atoms with van der Waals surface area (Å²) in [6, 6.07) is 8.12. The number of allylic oxidation sites excluding steroid dienone is 2. The quantitative estimate of drug-likeness (QED) is 0.564. The van der Waals surface area contributed by atoms with Crippen LogP contribution >= 0.6 is 0 Å². The van der Waals surface area contributed by atoms with Gasteiger partial charge >= 0.3 is 0 Å². The van der Waals surface area contributed by atoms with E-state index in [4.69, 9.17) is 4.74 Å². The summed E-state index contributed by atoms with van der Waals surface area (Å²) in [7, 11) is 1.66. The van der Waals surface area contributed by atoms with Gasteiger partial charge in [-0.05, 0) is 24.1 Å². The number of nitrogens with zero attached hydrogens (tertiary/aromatic N) is 1. The van der Waals surface area contributed by atoms with Gasteiger partial charge in [0.2, 0.25) is 5.91 Å². The number of likely N-dealkylation sites (tertiary alicyclic amines) is 1. The van der Waals surface area contributed by atoms with Crippen molar-refractivity contribution in [2.75, 3.05) is 13.7 Å². The fourth-order valence-electron chi connectivity index (χ4n) is 2.73. The first kappa shape index (κ1) is 15.4. The summed E-state index contributed by atoms with van der Waals surface area (Å²) < 4.78 is 5.20. The molecule has 0 bridgehead atoms. The number of β-lactam (4-membered cyclic amide) rings is 1. The number of benzene rings is 1. The molecule has 0 N–H and O–H groups in total. The first-order chi connectivity index (χ1) is 10.2. The molecule has 1 aliphatic rings. The fourth-order valence-corrected chi connectivity index (χ4v) is 2.73. The van der Waals surface area contributed by atoms with Crippen LogP contribution in [0.3, 0.4) is 0 Å². The predicted molar refractivity (Wildman–Crippen MR) is 85.2 cm³/mol. The molecule has 0 spiro atoms. The third-order valence-electron chi connectivity index (χ3n) is 3.91. The van der Waals surface area contributed by atoms with Crippen LogP contribution in [-0.4, -0.2) is 24.5 Å². The van der Waals surface area contributed by atoms with E-state index in [2.05, 4.69) is 13.5 Å². The summed E-state index contributed by atoms with van der Waals surface area (Å²) in [6.07, 6.45) is 7.65. The van der Waals surface area contributed by atoms with Crippen molar-refractivity contribution in [1.29, 1.82) is 0 Å². The minimum Gasteiger partial charge on any atom is -0.497 e. The Morgan fingerprint density at radius 3 is 2.62 bits per heavy atom. The molecular weight excluding hydrogens is 262 g/mol. The number of unbranched alkanes of at least 4 members (excludes halogenated alkanes) is 1. The molecule has 112 valence electrons. The van der Waals surface area contributed by atoms with Crippen molar-refractivity contribution in [1.82, 2.24) is 4.90 Å². The average Bonchev–Trinajstić information content (AvgIpc) is 2.52. The van der Waals surface area contributed by atoms with E-state index in [1.54, 1.807) is 13.2 Å². The number of hydrogen-bond donors (Lipinski definition) is 0. The van der Waals surface area contributed by atoms with E-state index < -0.39 is 0 Å². The van der Waals surface area contributed by atoms with E-state index >= 15 is 0 Å². The lowest BCUT2D eigenvalue weighted by Gasteiger charge is -2.46. The van der Waals surface area contributed by atoms with Crippen LogP contribution in [0.4, 0.5) is 0 Å². The highest BCUT2D eigenvalue weighted by atomic mass is 16.5. The number of hydrogen-bond acceptors (Lipinski definition) is 2. The normalized spacial score (nSPS) is 21.4. The van der Waals surface area contributed by atoms with Crippen LogP contribution in [0.15, 0.2) is 49.1 Å². The zero-order valence-electron chi connectivity index (χ0n) is 12.8. The summed E-state index contributed by atoms with van der Waals surface area (Å²) >= 11 is 0. The largest absolute Gasteiger partial charge is 0.497 e. The molecule has 1 saturated heterocycles. The molecule has 21 heavy (non-hydrogen) atoms. The molecule has 0 radical (unpaired) electrons. The van der Waals surface area contributed by atoms with Gasteiger partial charge in [0.1, 0.15) is 5.75 Å². The molecule has 0 unspecified atom stereocenters. The minimum atomic E-state index is -0.0757. The molecule has 0 saturated carbocycles. The summed E-state index contributed by atoms with van der Waals surface area (Å²) in [4.78, 5) is 14.3. The van der Waals surface area contributed by atoms with Gasteiger partial charge in [0.25, 0.3) is 0 Å². The first-order valence-electron chi connectivity index (χ1n) is 7.46. The third-order valence-corrected chi connectivity index (χ3v) is 3.91. The number of carbonyl (C=O) groups is 1. The maximum absolute atomic E-state index is 12.3. The third kappa shape index (κ3) is 3.18. The molecule has 1 heterocycles. The minimum absolute atomic E-state index is 0.0757. The Labute approximate surface area is 126 Å². The van der Waals surface area contributed by atoms with E-state index in [1.165, 1.54) is 0 Å². The Morgan fingerprint density at radius 2 is 2.05 bits per heavy atom. The number of rotatable bonds is 7. The van der Waals surface area contributed by atoms with Crippen LogP contribution in [-0.2, 0) is 4.79 Å². The van der Waals surface area contributed by atoms with Crippen LogP contribution < -0.4 is 4.74 Å². The Kier molecular flexibility index (Phi) is 5.20. The molecule has 3 heteroatoms. The van der Waals surface area contributed by atoms with Gasteiger partial charge < -0.3 is 9.64 Å². The molecule has 2 rings (SSSR count). The highest BCUT2D eigenvalue weighted by molar-refractivity contribution is 5.88. The van der Waals surface area contributed by atoms with Gasteiger partial charge in [0.15, 0.2) is 0 Å². The maximum atomic E-state index is 12.3. The molecule has 1 aliphatic heterocycles. The molecule has 1 amide bonds. The van der Waals surface area contributed by atoms with E-state index in [1.807, 2.05) is 41.3 Å². The molecule has 1 aromatic carbocycles. The Hall–Kier alpha value is -2.03. The van der Waals surface area contributed by atoms with Gasteiger partial charge in [-0.25, -0.2) is 0 Å². The second kappa shape index (κ2) is 7.11. The Morgan fingerprint density at radius 1 is 1.33 bits per heavy atom. The molecule has 1 aromatic rings. The van der Waals surface area contributed by atoms with E-state index in [9.17, 15) is 4.79 Å². The van der Waals surface area contributed by atoms with Crippen molar-refractivity contribution in [2.24, 2.45) is 5.92 Å². The molecular formula is C18H23NO2. The first-order valence-corrected chi connectivity index (χ1v) is 7.46. The van der Waals surface area contributed by atoms with Crippen molar-refractivity contribution in [3.05, 3.63) is 54.6 Å². The second-order valence-corrected chi connectivity index (χ2v) is 5.25. The topological polar surface area (TPSA) is 29.5 Å². The second-order valence-electron chi connectivity index (χ2n) is 5.25. The van der Waals surface area contributed by atoms with E-state index in [0.717, 1.165) is 30.7 Å². The number of methoxy groups -OCH3 is 1. The summed E-state index contributed by atoms with van der Waals surface area (Å²) in [6.45, 7) is 6.64. The monoisotopic (exact) mass is 285 g/mol. The SMILES string of the molecule is C=C/C=C/[C@@H]1C(=O)N(CCCC)[C@H]1c1ccc(OC)cc1. The molecule has 0 aromatic heterocycles. The smallest absolute Gasteiger partial charge is 0.232 e. The summed E-state index contributed by atoms with van der Waals surface area (Å²) in [5.41, 5.74) is 1.16. The van der Waals surface area contributed by atoms with Gasteiger partial charge in [-0.1, -0.05) is 50.3 Å². The fraction of sp³-hybridized carbons (Fsp3) is 0.389. The zero-order chi connectivity index (χ0) is 15.2. The maximum Gasteiger partial charge on any atom is 0.232 e. The zero-order valence-corrected chi connectivity index (χ0v) is 12.8. The van der Waals surface area contributed by atoms with Crippen LogP contribution in [0.2, 0.25) is 0 Å². The van der Waals surface area contributed by atoms with E-state index in [0.29, 0.717) is 0 Å². The van der Waals surface area contributed by atoms with Crippen molar-refractivity contribution >= 4 is 5.91 Å². The van der Waals surface area contributed by atoms with Gasteiger partial charge in [-0.3, -0.25) is 4.79 Å². The van der Waals surface area contributed by atoms with Crippen molar-refractivity contribution in [3.63, 3.8) is 0 Å². The van der Waals surface area contributed by atoms with Gasteiger partial charge in [-0.2, -0.15) is 0 Å². The predicted octanol–water partition coefficient (Wildman–Crippen LogP) is 3.74. The van der Waals surface area contributed by atoms with Crippen LogP contribution in [0, 0.1) is 5.92 Å². The van der Waals surface area contributed by atoms with Gasteiger partial charge in [0, 0.05) is 6.54 Å². The molecule has 0 aliphatic carbocycles. The average molecular weight is 285 g/mol. The van der Waals surface area contributed by atoms with Gasteiger partial charge in [0.05, 0.1) is 19.1 Å². The molecule has 3 nitrogen and oxygen atoms in total. The molecule has 2 atom stereocenters. The van der Waals surface area contributed by atoms with Crippen LogP contribution in [0.25, 0.3) is 0 Å². The Balaban J connectivity index is 2.21. The standard InChI is InChI=1S/C18H23NO2/c1-4-6-8-16-17(19(18(16)20)13-7-5-2)14-9-11-15(21-3)12-10-14/h4,6,8-12,16-17H,1,5,7,13H2,2-3H3/b8-6+/t16-,17-/m0/s1. The van der Waals surface area contributed by atoms with Gasteiger partial charge in [-0.15, -0.1) is 0 Å². The van der Waals surface area contributed by atoms with Crippen LogP contribution in [0.1, 0.15) is 31.4 Å². The van der Waals surface area contributed by atoms with Crippen molar-refractivity contribution in [3.8, 4) is 5.75 Å². The lowest BCUT2D eigenvalue weighted by molar-refractivity contribution is -0.153. The number of carbonyl (C=O) groups excluding carboxylic acids is 1. The summed E-state index contributed by atoms with van der Waals surface area (Å²) in [5.74, 6) is 0.971. The van der Waals surface area contributed by atoms with Crippen molar-refractivity contribution in [2.45, 2.75) is 25.8 Å². The highest BCUT2D eigenvalue weighted by Crippen LogP contribution is 2.41. The van der Waals surface area contributed by atoms with E-state index in [-0.39, 0.29) is 17.9 Å². The summed E-state index contributed by atoms with van der Waals surface area (Å²) in [5, 5.41) is 0. The van der Waals surface area contributed by atoms with Crippen molar-refractivity contribution < 1.29 is 9.53 Å². The van der Waals surface area contributed by atoms with Crippen LogP contribution in [0.5, 0.6) is 5.75 Å². The lowest BCUT2D eigenvalue weighted by atomic mass is 9.82.